The summed E-state index contributed by atoms with van der Waals surface area (Å²) < 4.78 is 10.7. The molecule has 150 valence electrons. The molecule has 3 rings (SSSR count). The summed E-state index contributed by atoms with van der Waals surface area (Å²) in [5.41, 5.74) is 2.60. The summed E-state index contributed by atoms with van der Waals surface area (Å²) in [6.07, 6.45) is 0. The molecule has 29 heavy (non-hydrogen) atoms. The third kappa shape index (κ3) is 5.90. The number of thiocarbonyl (C=S) groups is 1. The standard InChI is InChI=1S/C20H18ClN3O3S2/c1-12-9-14(21)5-8-17(12)27-10-18(25)23-19(28)24-20-22-16(11-29-20)13-3-6-15(26-2)7-4-13/h3-9,11H,10H2,1-2H3,(H2,22,23,24,25,28). The van der Waals surface area contributed by atoms with E-state index in [1.54, 1.807) is 25.3 Å². The number of aryl methyl sites for hydroxylation is 1. The fourth-order valence-electron chi connectivity index (χ4n) is 2.43. The van der Waals surface area contributed by atoms with Crippen LogP contribution in [0.15, 0.2) is 47.8 Å². The highest BCUT2D eigenvalue weighted by Crippen LogP contribution is 2.26. The number of thiazole rings is 1. The molecule has 1 heterocycles. The van der Waals surface area contributed by atoms with Gasteiger partial charge in [0.15, 0.2) is 16.9 Å². The number of halogens is 1. The molecule has 0 saturated carbocycles. The second-order valence-corrected chi connectivity index (χ2v) is 7.67. The SMILES string of the molecule is COc1ccc(-c2csc(NC(=S)NC(=O)COc3ccc(Cl)cc3C)n2)cc1. The van der Waals surface area contributed by atoms with Gasteiger partial charge in [-0.2, -0.15) is 0 Å². The molecule has 3 aromatic rings. The summed E-state index contributed by atoms with van der Waals surface area (Å²) in [4.78, 5) is 16.5. The van der Waals surface area contributed by atoms with Crippen molar-refractivity contribution < 1.29 is 14.3 Å². The summed E-state index contributed by atoms with van der Waals surface area (Å²) in [6.45, 7) is 1.69. The predicted molar refractivity (Wildman–Crippen MR) is 120 cm³/mol. The predicted octanol–water partition coefficient (Wildman–Crippen LogP) is 4.67. The molecule has 2 aromatic carbocycles. The van der Waals surface area contributed by atoms with Crippen molar-refractivity contribution in [2.45, 2.75) is 6.92 Å². The molecule has 0 spiro atoms. The molecule has 0 aliphatic carbocycles. The van der Waals surface area contributed by atoms with Crippen molar-refractivity contribution in [2.75, 3.05) is 19.0 Å². The average Bonchev–Trinajstić information content (AvgIpc) is 3.15. The van der Waals surface area contributed by atoms with E-state index >= 15 is 0 Å². The molecule has 1 aromatic heterocycles. The number of benzene rings is 2. The lowest BCUT2D eigenvalue weighted by Gasteiger charge is -2.10. The quantitative estimate of drug-likeness (QED) is 0.535. The van der Waals surface area contributed by atoms with Gasteiger partial charge in [0.2, 0.25) is 0 Å². The Kier molecular flexibility index (Phi) is 7.03. The van der Waals surface area contributed by atoms with Gasteiger partial charge in [-0.25, -0.2) is 4.98 Å². The van der Waals surface area contributed by atoms with Crippen molar-refractivity contribution >= 4 is 51.3 Å². The molecule has 9 heteroatoms. The van der Waals surface area contributed by atoms with Crippen LogP contribution in [0.2, 0.25) is 5.02 Å². The third-order valence-corrected chi connectivity index (χ3v) is 5.06. The first-order valence-corrected chi connectivity index (χ1v) is 10.2. The van der Waals surface area contributed by atoms with Crippen LogP contribution in [0.5, 0.6) is 11.5 Å². The molecule has 0 atom stereocenters. The molecule has 0 saturated heterocycles. The van der Waals surface area contributed by atoms with Crippen molar-refractivity contribution in [1.82, 2.24) is 10.3 Å². The summed E-state index contributed by atoms with van der Waals surface area (Å²) in [7, 11) is 1.62. The van der Waals surface area contributed by atoms with Crippen molar-refractivity contribution in [1.29, 1.82) is 0 Å². The van der Waals surface area contributed by atoms with Gasteiger partial charge in [0.25, 0.3) is 5.91 Å². The maximum atomic E-state index is 12.1. The molecule has 0 aliphatic heterocycles. The second-order valence-electron chi connectivity index (χ2n) is 5.97. The number of carbonyl (C=O) groups is 1. The van der Waals surface area contributed by atoms with Gasteiger partial charge in [-0.15, -0.1) is 11.3 Å². The topological polar surface area (TPSA) is 72.5 Å². The molecular formula is C20H18ClN3O3S2. The van der Waals surface area contributed by atoms with Gasteiger partial charge in [-0.05, 0) is 67.2 Å². The van der Waals surface area contributed by atoms with E-state index in [4.69, 9.17) is 33.3 Å². The van der Waals surface area contributed by atoms with Gasteiger partial charge < -0.3 is 14.8 Å². The van der Waals surface area contributed by atoms with E-state index in [0.717, 1.165) is 22.6 Å². The van der Waals surface area contributed by atoms with Crippen LogP contribution in [0.1, 0.15) is 5.56 Å². The molecule has 0 aliphatic rings. The number of hydrogen-bond donors (Lipinski definition) is 2. The van der Waals surface area contributed by atoms with E-state index in [2.05, 4.69) is 15.6 Å². The van der Waals surface area contributed by atoms with Crippen molar-refractivity contribution in [3.05, 3.63) is 58.4 Å². The van der Waals surface area contributed by atoms with Gasteiger partial charge in [-0.3, -0.25) is 10.1 Å². The Labute approximate surface area is 182 Å². The molecule has 2 N–H and O–H groups in total. The molecule has 0 bridgehead atoms. The maximum absolute atomic E-state index is 12.1. The number of nitrogens with zero attached hydrogens (tertiary/aromatic N) is 1. The maximum Gasteiger partial charge on any atom is 0.264 e. The van der Waals surface area contributed by atoms with Gasteiger partial charge in [-0.1, -0.05) is 11.6 Å². The zero-order chi connectivity index (χ0) is 20.8. The number of ether oxygens (including phenoxy) is 2. The average molecular weight is 448 g/mol. The van der Waals surface area contributed by atoms with Crippen molar-refractivity contribution in [3.63, 3.8) is 0 Å². The Balaban J connectivity index is 1.51. The Morgan fingerprint density at radius 1 is 1.24 bits per heavy atom. The molecule has 0 radical (unpaired) electrons. The minimum Gasteiger partial charge on any atom is -0.497 e. The summed E-state index contributed by atoms with van der Waals surface area (Å²) in [5.74, 6) is 0.999. The van der Waals surface area contributed by atoms with E-state index in [-0.39, 0.29) is 17.6 Å². The van der Waals surface area contributed by atoms with Crippen molar-refractivity contribution in [2.24, 2.45) is 0 Å². The molecular weight excluding hydrogens is 430 g/mol. The minimum atomic E-state index is -0.371. The first-order chi connectivity index (χ1) is 13.9. The van der Waals surface area contributed by atoms with Gasteiger partial charge in [0.05, 0.1) is 12.8 Å². The van der Waals surface area contributed by atoms with Crippen LogP contribution in [0, 0.1) is 6.92 Å². The van der Waals surface area contributed by atoms with Crippen LogP contribution in [0.4, 0.5) is 5.13 Å². The monoisotopic (exact) mass is 447 g/mol. The van der Waals surface area contributed by atoms with Crippen LogP contribution in [0.3, 0.4) is 0 Å². The highest BCUT2D eigenvalue weighted by Gasteiger charge is 2.10. The van der Waals surface area contributed by atoms with Crippen LogP contribution in [-0.4, -0.2) is 29.7 Å². The number of hydrogen-bond acceptors (Lipinski definition) is 6. The fourth-order valence-corrected chi connectivity index (χ4v) is 3.66. The first kappa shape index (κ1) is 21.0. The van der Waals surface area contributed by atoms with E-state index in [1.165, 1.54) is 11.3 Å². The van der Waals surface area contributed by atoms with E-state index in [1.807, 2.05) is 36.6 Å². The highest BCUT2D eigenvalue weighted by molar-refractivity contribution is 7.80. The smallest absolute Gasteiger partial charge is 0.264 e. The Morgan fingerprint density at radius 3 is 2.69 bits per heavy atom. The number of amides is 1. The number of carbonyl (C=O) groups excluding carboxylic acids is 1. The highest BCUT2D eigenvalue weighted by atomic mass is 35.5. The van der Waals surface area contributed by atoms with Gasteiger partial charge in [0, 0.05) is 16.0 Å². The summed E-state index contributed by atoms with van der Waals surface area (Å²) in [5, 5.41) is 8.74. The summed E-state index contributed by atoms with van der Waals surface area (Å²) >= 11 is 12.5. The van der Waals surface area contributed by atoms with Crippen LogP contribution in [0.25, 0.3) is 11.3 Å². The zero-order valence-electron chi connectivity index (χ0n) is 15.7. The minimum absolute atomic E-state index is 0.155. The second kappa shape index (κ2) is 9.69. The number of nitrogens with one attached hydrogen (secondary N) is 2. The van der Waals surface area contributed by atoms with E-state index < -0.39 is 0 Å². The van der Waals surface area contributed by atoms with E-state index in [0.29, 0.717) is 15.9 Å². The first-order valence-electron chi connectivity index (χ1n) is 8.54. The Bertz CT molecular complexity index is 1020. The van der Waals surface area contributed by atoms with Crippen LogP contribution < -0.4 is 20.1 Å². The zero-order valence-corrected chi connectivity index (χ0v) is 18.1. The number of rotatable bonds is 6. The molecule has 6 nitrogen and oxygen atoms in total. The third-order valence-electron chi connectivity index (χ3n) is 3.86. The molecule has 0 unspecified atom stereocenters. The Morgan fingerprint density at radius 2 is 2.00 bits per heavy atom. The largest absolute Gasteiger partial charge is 0.497 e. The lowest BCUT2D eigenvalue weighted by Crippen LogP contribution is -2.37. The number of aromatic nitrogens is 1. The van der Waals surface area contributed by atoms with Crippen LogP contribution in [-0.2, 0) is 4.79 Å². The Hall–Kier alpha value is -2.68. The van der Waals surface area contributed by atoms with Crippen molar-refractivity contribution in [3.8, 4) is 22.8 Å². The lowest BCUT2D eigenvalue weighted by atomic mass is 10.2. The normalized spacial score (nSPS) is 10.3. The van der Waals surface area contributed by atoms with Crippen LogP contribution >= 0.6 is 35.2 Å². The van der Waals surface area contributed by atoms with Gasteiger partial charge in [0.1, 0.15) is 11.5 Å². The number of anilines is 1. The van der Waals surface area contributed by atoms with E-state index in [9.17, 15) is 4.79 Å². The number of methoxy groups -OCH3 is 1. The van der Waals surface area contributed by atoms with Gasteiger partial charge >= 0.3 is 0 Å². The fraction of sp³-hybridized carbons (Fsp3) is 0.150. The summed E-state index contributed by atoms with van der Waals surface area (Å²) in [6, 6.07) is 12.8. The lowest BCUT2D eigenvalue weighted by molar-refractivity contribution is -0.121. The molecule has 0 fully saturated rings. The molecule has 1 amide bonds.